The molecule has 0 saturated heterocycles. The standard InChI is InChI=1S/C22H19N5O/c1-16-22(17(2)27(25-16)20-6-4-18(14-23)5-7-20)15-28-21-10-8-19(9-11-21)26-13-3-12-24-26/h3-13H,15H2,1-2H3. The van der Waals surface area contributed by atoms with Gasteiger partial charge in [-0.2, -0.15) is 15.5 Å². The molecule has 0 bridgehead atoms. The highest BCUT2D eigenvalue weighted by molar-refractivity contribution is 5.42. The lowest BCUT2D eigenvalue weighted by molar-refractivity contribution is 0.304. The maximum Gasteiger partial charge on any atom is 0.119 e. The Bertz CT molecular complexity index is 1120. The summed E-state index contributed by atoms with van der Waals surface area (Å²) in [5.74, 6) is 0.792. The zero-order chi connectivity index (χ0) is 19.5. The van der Waals surface area contributed by atoms with Gasteiger partial charge in [0.15, 0.2) is 0 Å². The Kier molecular flexibility index (Phi) is 4.65. The number of benzene rings is 2. The maximum absolute atomic E-state index is 8.96. The van der Waals surface area contributed by atoms with E-state index in [9.17, 15) is 0 Å². The molecular weight excluding hydrogens is 350 g/mol. The van der Waals surface area contributed by atoms with Crippen LogP contribution in [0.2, 0.25) is 0 Å². The number of hydrogen-bond donors (Lipinski definition) is 0. The van der Waals surface area contributed by atoms with Crippen molar-refractivity contribution in [2.45, 2.75) is 20.5 Å². The number of aryl methyl sites for hydroxylation is 1. The minimum atomic E-state index is 0.440. The van der Waals surface area contributed by atoms with E-state index in [4.69, 9.17) is 10.00 Å². The largest absolute Gasteiger partial charge is 0.489 e. The number of nitrogens with zero attached hydrogens (tertiary/aromatic N) is 5. The summed E-state index contributed by atoms with van der Waals surface area (Å²) in [7, 11) is 0. The molecule has 2 aromatic heterocycles. The van der Waals surface area contributed by atoms with E-state index in [-0.39, 0.29) is 0 Å². The maximum atomic E-state index is 8.96. The molecule has 0 aliphatic heterocycles. The van der Waals surface area contributed by atoms with Crippen molar-refractivity contribution in [2.24, 2.45) is 0 Å². The molecule has 0 saturated carbocycles. The summed E-state index contributed by atoms with van der Waals surface area (Å²) in [6.07, 6.45) is 3.65. The fraction of sp³-hybridized carbons (Fsp3) is 0.136. The second kappa shape index (κ2) is 7.41. The van der Waals surface area contributed by atoms with E-state index in [2.05, 4.69) is 16.3 Å². The molecule has 0 aliphatic carbocycles. The first-order valence-corrected chi connectivity index (χ1v) is 8.94. The van der Waals surface area contributed by atoms with E-state index in [0.717, 1.165) is 34.1 Å². The van der Waals surface area contributed by atoms with Crippen LogP contribution in [-0.4, -0.2) is 19.6 Å². The third-order valence-electron chi connectivity index (χ3n) is 4.67. The molecule has 0 N–H and O–H groups in total. The smallest absolute Gasteiger partial charge is 0.119 e. The minimum absolute atomic E-state index is 0.440. The Morgan fingerprint density at radius 3 is 2.36 bits per heavy atom. The van der Waals surface area contributed by atoms with Gasteiger partial charge in [0, 0.05) is 23.7 Å². The van der Waals surface area contributed by atoms with E-state index >= 15 is 0 Å². The molecule has 2 heterocycles. The zero-order valence-corrected chi connectivity index (χ0v) is 15.7. The van der Waals surface area contributed by atoms with Crippen molar-refractivity contribution in [3.05, 3.63) is 89.5 Å². The number of hydrogen-bond acceptors (Lipinski definition) is 4. The lowest BCUT2D eigenvalue weighted by Gasteiger charge is -2.09. The third kappa shape index (κ3) is 3.38. The van der Waals surface area contributed by atoms with Gasteiger partial charge in [-0.05, 0) is 68.4 Å². The first kappa shape index (κ1) is 17.6. The van der Waals surface area contributed by atoms with Gasteiger partial charge in [-0.15, -0.1) is 0 Å². The van der Waals surface area contributed by atoms with E-state index in [1.807, 2.05) is 67.2 Å². The van der Waals surface area contributed by atoms with Gasteiger partial charge < -0.3 is 4.74 Å². The highest BCUT2D eigenvalue weighted by atomic mass is 16.5. The normalized spacial score (nSPS) is 10.6. The lowest BCUT2D eigenvalue weighted by Crippen LogP contribution is -2.01. The summed E-state index contributed by atoms with van der Waals surface area (Å²) in [4.78, 5) is 0. The number of aromatic nitrogens is 4. The van der Waals surface area contributed by atoms with Crippen molar-refractivity contribution in [1.82, 2.24) is 19.6 Å². The molecule has 6 heteroatoms. The molecule has 0 unspecified atom stereocenters. The number of nitriles is 1. The summed E-state index contributed by atoms with van der Waals surface area (Å²) < 4.78 is 9.68. The Morgan fingerprint density at radius 1 is 1.00 bits per heavy atom. The quantitative estimate of drug-likeness (QED) is 0.530. The Morgan fingerprint density at radius 2 is 1.71 bits per heavy atom. The van der Waals surface area contributed by atoms with Crippen molar-refractivity contribution in [2.75, 3.05) is 0 Å². The SMILES string of the molecule is Cc1nn(-c2ccc(C#N)cc2)c(C)c1COc1ccc(-n2cccn2)cc1. The zero-order valence-electron chi connectivity index (χ0n) is 15.7. The second-order valence-corrected chi connectivity index (χ2v) is 6.45. The molecule has 4 aromatic rings. The Labute approximate surface area is 163 Å². The summed E-state index contributed by atoms with van der Waals surface area (Å²) in [6, 6.07) is 19.2. The molecule has 0 aliphatic rings. The van der Waals surface area contributed by atoms with E-state index < -0.39 is 0 Å². The van der Waals surface area contributed by atoms with Gasteiger partial charge in [0.2, 0.25) is 0 Å². The van der Waals surface area contributed by atoms with E-state index in [0.29, 0.717) is 12.2 Å². The Hall–Kier alpha value is -3.85. The van der Waals surface area contributed by atoms with Gasteiger partial charge in [-0.25, -0.2) is 9.36 Å². The van der Waals surface area contributed by atoms with Crippen LogP contribution in [0.15, 0.2) is 67.0 Å². The average Bonchev–Trinajstić information content (AvgIpc) is 3.36. The van der Waals surface area contributed by atoms with Crippen LogP contribution in [0.1, 0.15) is 22.5 Å². The molecule has 4 rings (SSSR count). The molecular formula is C22H19N5O. The first-order valence-electron chi connectivity index (χ1n) is 8.94. The lowest BCUT2D eigenvalue weighted by atomic mass is 10.2. The van der Waals surface area contributed by atoms with Gasteiger partial charge in [-0.3, -0.25) is 0 Å². The molecule has 0 radical (unpaired) electrons. The van der Waals surface area contributed by atoms with Crippen LogP contribution in [-0.2, 0) is 6.61 Å². The van der Waals surface area contributed by atoms with E-state index in [1.165, 1.54) is 0 Å². The van der Waals surface area contributed by atoms with Crippen LogP contribution < -0.4 is 4.74 Å². The summed E-state index contributed by atoms with van der Waals surface area (Å²) in [5.41, 5.74) is 5.55. The summed E-state index contributed by atoms with van der Waals surface area (Å²) in [6.45, 7) is 4.44. The predicted octanol–water partition coefficient (Wildman–Crippen LogP) is 4.13. The van der Waals surface area contributed by atoms with Crippen molar-refractivity contribution < 1.29 is 4.74 Å². The monoisotopic (exact) mass is 369 g/mol. The minimum Gasteiger partial charge on any atom is -0.489 e. The molecule has 6 nitrogen and oxygen atoms in total. The van der Waals surface area contributed by atoms with Gasteiger partial charge in [0.25, 0.3) is 0 Å². The van der Waals surface area contributed by atoms with Crippen molar-refractivity contribution in [3.63, 3.8) is 0 Å². The number of ether oxygens (including phenoxy) is 1. The van der Waals surface area contributed by atoms with Gasteiger partial charge >= 0.3 is 0 Å². The van der Waals surface area contributed by atoms with Gasteiger partial charge in [0.1, 0.15) is 12.4 Å². The fourth-order valence-corrected chi connectivity index (χ4v) is 3.08. The summed E-state index contributed by atoms with van der Waals surface area (Å²) >= 11 is 0. The van der Waals surface area contributed by atoms with Crippen LogP contribution in [0.3, 0.4) is 0 Å². The van der Waals surface area contributed by atoms with Crippen molar-refractivity contribution in [3.8, 4) is 23.2 Å². The molecule has 2 aromatic carbocycles. The highest BCUT2D eigenvalue weighted by Crippen LogP contribution is 2.21. The topological polar surface area (TPSA) is 68.7 Å². The second-order valence-electron chi connectivity index (χ2n) is 6.45. The van der Waals surface area contributed by atoms with Crippen LogP contribution in [0, 0.1) is 25.2 Å². The molecule has 0 atom stereocenters. The fourth-order valence-electron chi connectivity index (χ4n) is 3.08. The van der Waals surface area contributed by atoms with Gasteiger partial charge in [-0.1, -0.05) is 0 Å². The van der Waals surface area contributed by atoms with Crippen LogP contribution in [0.5, 0.6) is 5.75 Å². The summed E-state index contributed by atoms with van der Waals surface area (Å²) in [5, 5.41) is 17.8. The predicted molar refractivity (Wildman–Crippen MR) is 106 cm³/mol. The Balaban J connectivity index is 1.51. The van der Waals surface area contributed by atoms with Crippen molar-refractivity contribution >= 4 is 0 Å². The molecule has 0 fully saturated rings. The van der Waals surface area contributed by atoms with Crippen LogP contribution >= 0.6 is 0 Å². The van der Waals surface area contributed by atoms with Crippen LogP contribution in [0.25, 0.3) is 11.4 Å². The van der Waals surface area contributed by atoms with Gasteiger partial charge in [0.05, 0.1) is 28.7 Å². The first-order chi connectivity index (χ1) is 13.7. The molecule has 0 spiro atoms. The third-order valence-corrected chi connectivity index (χ3v) is 4.67. The van der Waals surface area contributed by atoms with Crippen LogP contribution in [0.4, 0.5) is 0 Å². The number of rotatable bonds is 5. The van der Waals surface area contributed by atoms with E-state index in [1.54, 1.807) is 23.0 Å². The molecule has 138 valence electrons. The average molecular weight is 369 g/mol. The van der Waals surface area contributed by atoms with Crippen molar-refractivity contribution in [1.29, 1.82) is 5.26 Å². The molecule has 28 heavy (non-hydrogen) atoms. The highest BCUT2D eigenvalue weighted by Gasteiger charge is 2.13. The molecule has 0 amide bonds.